The van der Waals surface area contributed by atoms with Crippen molar-refractivity contribution in [1.29, 1.82) is 0 Å². The monoisotopic (exact) mass is 602 g/mol. The molecule has 2 heterocycles. The number of nitrogens with one attached hydrogen (secondary N) is 3. The standard InChI is InChI=1S/C23H31N5.C10H13Cl.C2H2.CH5N/c1-6-7-8-19-13-27-23(28-19)18-11-16(3)22(24-5)21(12-18)26-14-20-15(2)9-10-25-17(20)4;1-3-8(2)9-5-4-6-10(11)7-9;2*1-2/h9-12,19,25-26H,4-8,13-14H2,1-3H3,(H,27,28);4-8H,3H2,1-2H3;1-2H;2H2,1H3. The third kappa shape index (κ3) is 11.4. The minimum absolute atomic E-state index is 0.445. The molecule has 7 heteroatoms. The first-order chi connectivity index (χ1) is 20.8. The molecule has 0 aromatic heterocycles. The summed E-state index contributed by atoms with van der Waals surface area (Å²) in [7, 11) is 1.50. The zero-order valence-electron chi connectivity index (χ0n) is 26.9. The van der Waals surface area contributed by atoms with Gasteiger partial charge >= 0.3 is 0 Å². The number of hydrogen-bond acceptors (Lipinski definition) is 6. The predicted octanol–water partition coefficient (Wildman–Crippen LogP) is 8.27. The molecule has 0 radical (unpaired) electrons. The van der Waals surface area contributed by atoms with E-state index >= 15 is 0 Å². The number of rotatable bonds is 10. The molecular weight excluding hydrogens is 552 g/mol. The van der Waals surface area contributed by atoms with Gasteiger partial charge in [0.15, 0.2) is 0 Å². The maximum absolute atomic E-state index is 5.85. The van der Waals surface area contributed by atoms with E-state index in [1.807, 2.05) is 24.4 Å². The van der Waals surface area contributed by atoms with Crippen molar-refractivity contribution >= 4 is 35.5 Å². The van der Waals surface area contributed by atoms with Crippen LogP contribution in [0.2, 0.25) is 5.02 Å². The molecule has 0 saturated carbocycles. The van der Waals surface area contributed by atoms with E-state index in [4.69, 9.17) is 16.6 Å². The normalized spacial score (nSPS) is 15.6. The van der Waals surface area contributed by atoms with Gasteiger partial charge in [0.2, 0.25) is 0 Å². The zero-order valence-corrected chi connectivity index (χ0v) is 27.7. The summed E-state index contributed by atoms with van der Waals surface area (Å²) in [6.45, 7) is 20.2. The molecule has 0 saturated heterocycles. The molecule has 2 aliphatic heterocycles. The minimum Gasteiger partial charge on any atom is -0.379 e. The summed E-state index contributed by atoms with van der Waals surface area (Å²) in [5.41, 5.74) is 13.2. The number of nitrogens with two attached hydrogens (primary N) is 1. The fourth-order valence-corrected chi connectivity index (χ4v) is 4.91. The van der Waals surface area contributed by atoms with Crippen molar-refractivity contribution in [2.45, 2.75) is 72.3 Å². The van der Waals surface area contributed by atoms with Gasteiger partial charge in [0.1, 0.15) is 5.84 Å². The van der Waals surface area contributed by atoms with E-state index in [0.717, 1.165) is 57.6 Å². The van der Waals surface area contributed by atoms with Crippen LogP contribution < -0.4 is 21.7 Å². The fraction of sp³-hybridized carbons (Fsp3) is 0.389. The highest BCUT2D eigenvalue weighted by Crippen LogP contribution is 2.32. The average molecular weight is 603 g/mol. The van der Waals surface area contributed by atoms with Crippen molar-refractivity contribution in [1.82, 2.24) is 10.6 Å². The van der Waals surface area contributed by atoms with Gasteiger partial charge in [-0.25, -0.2) is 0 Å². The molecular formula is C36H51ClN6. The van der Waals surface area contributed by atoms with Gasteiger partial charge in [-0.05, 0) is 99.0 Å². The molecule has 2 unspecified atom stereocenters. The lowest BCUT2D eigenvalue weighted by molar-refractivity contribution is 0.566. The second-order valence-corrected chi connectivity index (χ2v) is 10.8. The van der Waals surface area contributed by atoms with Crippen molar-refractivity contribution in [2.24, 2.45) is 15.7 Å². The van der Waals surface area contributed by atoms with Crippen molar-refractivity contribution in [3.05, 3.63) is 93.8 Å². The zero-order chi connectivity index (χ0) is 32.4. The van der Waals surface area contributed by atoms with Gasteiger partial charge in [-0.2, -0.15) is 0 Å². The van der Waals surface area contributed by atoms with E-state index < -0.39 is 0 Å². The summed E-state index contributed by atoms with van der Waals surface area (Å²) < 4.78 is 0. The number of halogens is 1. The molecule has 4 rings (SSSR count). The van der Waals surface area contributed by atoms with Crippen LogP contribution in [0.5, 0.6) is 0 Å². The maximum atomic E-state index is 5.85. The number of terminal acetylenes is 1. The third-order valence-corrected chi connectivity index (χ3v) is 7.60. The van der Waals surface area contributed by atoms with Crippen LogP contribution in [0.25, 0.3) is 0 Å². The van der Waals surface area contributed by atoms with Crippen LogP contribution in [0.1, 0.15) is 76.0 Å². The number of amidine groups is 1. The van der Waals surface area contributed by atoms with Crippen molar-refractivity contribution in [2.75, 3.05) is 25.5 Å². The minimum atomic E-state index is 0.445. The Morgan fingerprint density at radius 3 is 2.51 bits per heavy atom. The Bertz CT molecular complexity index is 1300. The molecule has 0 spiro atoms. The lowest BCUT2D eigenvalue weighted by Gasteiger charge is -2.20. The number of aryl methyl sites for hydroxylation is 1. The van der Waals surface area contributed by atoms with Gasteiger partial charge in [-0.1, -0.05) is 63.9 Å². The summed E-state index contributed by atoms with van der Waals surface area (Å²) in [5.74, 6) is 1.60. The SMILES string of the molecule is C#C.C=Nc1c(C)cc(C2=NCC(CCCC)N2)cc1NCC1=C(C)C=CNC1=C.CCC(C)c1cccc(Cl)c1.CN. The maximum Gasteiger partial charge on any atom is 0.128 e. The molecule has 0 fully saturated rings. The molecule has 43 heavy (non-hydrogen) atoms. The average Bonchev–Trinajstić information content (AvgIpc) is 3.50. The Balaban J connectivity index is 0.000000514. The molecule has 0 bridgehead atoms. The number of anilines is 1. The summed E-state index contributed by atoms with van der Waals surface area (Å²) in [6, 6.07) is 12.8. The Hall–Kier alpha value is -3.79. The van der Waals surface area contributed by atoms with Gasteiger partial charge in [0.05, 0.1) is 17.9 Å². The highest BCUT2D eigenvalue weighted by molar-refractivity contribution is 6.30. The second kappa shape index (κ2) is 20.2. The smallest absolute Gasteiger partial charge is 0.128 e. The topological polar surface area (TPSA) is 86.8 Å². The Morgan fingerprint density at radius 2 is 1.91 bits per heavy atom. The van der Waals surface area contributed by atoms with E-state index in [0.29, 0.717) is 18.5 Å². The first kappa shape index (κ1) is 37.2. The highest BCUT2D eigenvalue weighted by atomic mass is 35.5. The van der Waals surface area contributed by atoms with Crippen LogP contribution in [-0.4, -0.2) is 38.7 Å². The summed E-state index contributed by atoms with van der Waals surface area (Å²) in [5, 5.41) is 11.1. The Kier molecular flexibility index (Phi) is 17.5. The van der Waals surface area contributed by atoms with Gasteiger partial charge in [0, 0.05) is 35.1 Å². The number of aliphatic imine (C=N–C) groups is 2. The first-order valence-corrected chi connectivity index (χ1v) is 15.3. The van der Waals surface area contributed by atoms with Crippen LogP contribution in [-0.2, 0) is 0 Å². The van der Waals surface area contributed by atoms with Crippen LogP contribution in [0.3, 0.4) is 0 Å². The molecule has 2 aromatic carbocycles. The number of hydrogen-bond donors (Lipinski definition) is 4. The van der Waals surface area contributed by atoms with Crippen molar-refractivity contribution in [3.8, 4) is 12.8 Å². The molecule has 2 aliphatic rings. The Morgan fingerprint density at radius 1 is 1.19 bits per heavy atom. The highest BCUT2D eigenvalue weighted by Gasteiger charge is 2.20. The van der Waals surface area contributed by atoms with E-state index in [-0.39, 0.29) is 0 Å². The predicted molar refractivity (Wildman–Crippen MR) is 191 cm³/mol. The van der Waals surface area contributed by atoms with E-state index in [1.165, 1.54) is 37.4 Å². The van der Waals surface area contributed by atoms with Crippen LogP contribution >= 0.6 is 11.6 Å². The van der Waals surface area contributed by atoms with Crippen LogP contribution in [0.4, 0.5) is 11.4 Å². The molecule has 2 atom stereocenters. The van der Waals surface area contributed by atoms with Crippen molar-refractivity contribution in [3.63, 3.8) is 0 Å². The number of unbranched alkanes of at least 4 members (excludes halogenated alkanes) is 1. The van der Waals surface area contributed by atoms with Crippen molar-refractivity contribution < 1.29 is 0 Å². The molecule has 2 aromatic rings. The number of nitrogens with zero attached hydrogens (tertiary/aromatic N) is 2. The van der Waals surface area contributed by atoms with E-state index in [1.54, 1.807) is 0 Å². The summed E-state index contributed by atoms with van der Waals surface area (Å²) >= 11 is 5.85. The first-order valence-electron chi connectivity index (χ1n) is 14.9. The lowest BCUT2D eigenvalue weighted by atomic mass is 9.99. The third-order valence-electron chi connectivity index (χ3n) is 7.37. The fourth-order valence-electron chi connectivity index (χ4n) is 4.71. The van der Waals surface area contributed by atoms with Gasteiger partial charge in [0.25, 0.3) is 0 Å². The van der Waals surface area contributed by atoms with Gasteiger partial charge in [-0.3, -0.25) is 9.98 Å². The lowest BCUT2D eigenvalue weighted by Crippen LogP contribution is -2.30. The van der Waals surface area contributed by atoms with Crippen LogP contribution in [0.15, 0.2) is 82.1 Å². The second-order valence-electron chi connectivity index (χ2n) is 10.4. The van der Waals surface area contributed by atoms with Gasteiger partial charge in [-0.15, -0.1) is 12.8 Å². The molecule has 0 amide bonds. The quantitative estimate of drug-likeness (QED) is 0.163. The molecule has 5 N–H and O–H groups in total. The number of allylic oxidation sites excluding steroid dienone is 2. The number of dihydropyridines is 1. The molecule has 6 nitrogen and oxygen atoms in total. The van der Waals surface area contributed by atoms with E-state index in [9.17, 15) is 0 Å². The number of benzene rings is 2. The van der Waals surface area contributed by atoms with E-state index in [2.05, 4.69) is 112 Å². The Labute approximate surface area is 265 Å². The largest absolute Gasteiger partial charge is 0.379 e. The summed E-state index contributed by atoms with van der Waals surface area (Å²) in [6.07, 6.45) is 16.8. The van der Waals surface area contributed by atoms with Gasteiger partial charge < -0.3 is 21.7 Å². The molecule has 0 aliphatic carbocycles. The molecule has 232 valence electrons. The summed E-state index contributed by atoms with van der Waals surface area (Å²) in [4.78, 5) is 9.00. The van der Waals surface area contributed by atoms with Crippen LogP contribution in [0, 0.1) is 19.8 Å².